The van der Waals surface area contributed by atoms with Gasteiger partial charge in [-0.3, -0.25) is 20.2 Å². The lowest BCUT2D eigenvalue weighted by atomic mass is 9.91. The van der Waals surface area contributed by atoms with Crippen LogP contribution in [0.25, 0.3) is 0 Å². The van der Waals surface area contributed by atoms with Gasteiger partial charge in [-0.2, -0.15) is 0 Å². The molecule has 0 fully saturated rings. The van der Waals surface area contributed by atoms with Gasteiger partial charge in [0, 0.05) is 49.7 Å². The third-order valence-electron chi connectivity index (χ3n) is 6.72. The topological polar surface area (TPSA) is 117 Å². The number of benzene rings is 4. The number of nitrogens with zero attached hydrogens (tertiary/aromatic N) is 4. The molecule has 214 valence electrons. The molecule has 0 spiro atoms. The van der Waals surface area contributed by atoms with E-state index in [4.69, 9.17) is 24.4 Å². The molecule has 4 aromatic rings. The molecule has 0 aromatic heterocycles. The van der Waals surface area contributed by atoms with Crippen molar-refractivity contribution in [2.75, 3.05) is 24.7 Å². The van der Waals surface area contributed by atoms with Gasteiger partial charge in [0.05, 0.1) is 21.9 Å². The molecule has 0 aliphatic heterocycles. The van der Waals surface area contributed by atoms with E-state index in [0.717, 1.165) is 11.1 Å². The van der Waals surface area contributed by atoms with E-state index in [-0.39, 0.29) is 23.5 Å². The number of likely N-dealkylation sites (N-methyl/N-ethyl adjacent to an activating group) is 2. The summed E-state index contributed by atoms with van der Waals surface area (Å²) in [6.07, 6.45) is 0. The summed E-state index contributed by atoms with van der Waals surface area (Å²) >= 11 is 11.7. The monoisotopic (exact) mass is 600 g/mol. The van der Waals surface area contributed by atoms with Gasteiger partial charge in [-0.25, -0.2) is 0 Å². The van der Waals surface area contributed by atoms with Crippen LogP contribution in [0.4, 0.5) is 22.7 Å². The van der Waals surface area contributed by atoms with Crippen molar-refractivity contribution >= 4 is 57.4 Å². The van der Waals surface area contributed by atoms with E-state index in [9.17, 15) is 20.2 Å². The van der Waals surface area contributed by atoms with Gasteiger partial charge in [-0.1, -0.05) is 60.7 Å². The number of hydrogen-bond acceptors (Lipinski definition) is 6. The van der Waals surface area contributed by atoms with Gasteiger partial charge < -0.3 is 20.4 Å². The van der Waals surface area contributed by atoms with Crippen LogP contribution < -0.4 is 10.6 Å². The highest BCUT2D eigenvalue weighted by molar-refractivity contribution is 7.80. The Kier molecular flexibility index (Phi) is 9.73. The molecule has 42 heavy (non-hydrogen) atoms. The van der Waals surface area contributed by atoms with Crippen molar-refractivity contribution in [1.82, 2.24) is 9.80 Å². The van der Waals surface area contributed by atoms with E-state index in [1.54, 1.807) is 24.3 Å². The zero-order valence-corrected chi connectivity index (χ0v) is 24.4. The lowest BCUT2D eigenvalue weighted by Gasteiger charge is -2.42. The minimum absolute atomic E-state index is 0.0122. The summed E-state index contributed by atoms with van der Waals surface area (Å²) in [5, 5.41) is 29.4. The minimum Gasteiger partial charge on any atom is -0.343 e. The van der Waals surface area contributed by atoms with Crippen molar-refractivity contribution in [2.45, 2.75) is 12.1 Å². The summed E-state index contributed by atoms with van der Waals surface area (Å²) in [7, 11) is 3.77. The van der Waals surface area contributed by atoms with Crippen molar-refractivity contribution < 1.29 is 9.85 Å². The van der Waals surface area contributed by atoms with Gasteiger partial charge in [0.2, 0.25) is 0 Å². The first-order valence-electron chi connectivity index (χ1n) is 12.8. The first-order valence-corrected chi connectivity index (χ1v) is 13.6. The van der Waals surface area contributed by atoms with E-state index in [2.05, 4.69) is 10.6 Å². The predicted octanol–water partition coefficient (Wildman–Crippen LogP) is 6.94. The Morgan fingerprint density at radius 3 is 1.19 bits per heavy atom. The summed E-state index contributed by atoms with van der Waals surface area (Å²) < 4.78 is 0. The van der Waals surface area contributed by atoms with Gasteiger partial charge in [0.15, 0.2) is 10.2 Å². The maximum atomic E-state index is 11.1. The Balaban J connectivity index is 1.68. The lowest BCUT2D eigenvalue weighted by Crippen LogP contribution is -2.45. The van der Waals surface area contributed by atoms with Crippen molar-refractivity contribution in [3.63, 3.8) is 0 Å². The number of rotatable bonds is 9. The second-order valence-corrected chi connectivity index (χ2v) is 10.2. The predicted molar refractivity (Wildman–Crippen MR) is 173 cm³/mol. The highest BCUT2D eigenvalue weighted by atomic mass is 32.1. The molecule has 0 aliphatic carbocycles. The standard InChI is InChI=1S/C30H28N6O4S2/c1-33(29(41)31-23-13-17-25(18-14-23)35(37)38)27(21-9-5-3-6-10-21)28(22-11-7-4-8-12-22)34(2)30(42)32-24-15-19-26(20-16-24)36(39)40/h3-20,27-28H,1-2H3,(H,31,41)(H,32,42)/t27-,28-/m1/s1. The highest BCUT2D eigenvalue weighted by Gasteiger charge is 2.34. The quantitative estimate of drug-likeness (QED) is 0.119. The maximum absolute atomic E-state index is 11.1. The van der Waals surface area contributed by atoms with Gasteiger partial charge in [-0.15, -0.1) is 0 Å². The molecule has 2 N–H and O–H groups in total. The molecule has 10 nitrogen and oxygen atoms in total. The van der Waals surface area contributed by atoms with Crippen LogP contribution in [-0.2, 0) is 0 Å². The fourth-order valence-corrected chi connectivity index (χ4v) is 5.01. The van der Waals surface area contributed by atoms with Crippen LogP contribution in [0.15, 0.2) is 109 Å². The third-order valence-corrected chi connectivity index (χ3v) is 7.50. The van der Waals surface area contributed by atoms with Gasteiger partial charge in [0.25, 0.3) is 11.4 Å². The Morgan fingerprint density at radius 1 is 0.595 bits per heavy atom. The molecule has 12 heteroatoms. The molecule has 4 rings (SSSR count). The SMILES string of the molecule is CN(C(=S)Nc1ccc([N+](=O)[O-])cc1)[C@H](c1ccccc1)[C@@H](c1ccccc1)N(C)C(=S)Nc1ccc([N+](=O)[O-])cc1. The van der Waals surface area contributed by atoms with Crippen LogP contribution in [0.3, 0.4) is 0 Å². The number of nitro benzene ring substituents is 2. The second-order valence-electron chi connectivity index (χ2n) is 9.40. The average molecular weight is 601 g/mol. The zero-order valence-electron chi connectivity index (χ0n) is 22.8. The first-order chi connectivity index (χ1) is 20.2. The van der Waals surface area contributed by atoms with E-state index in [0.29, 0.717) is 21.6 Å². The third kappa shape index (κ3) is 7.22. The number of nitrogens with one attached hydrogen (secondary N) is 2. The highest BCUT2D eigenvalue weighted by Crippen LogP contribution is 2.38. The minimum atomic E-state index is -0.451. The van der Waals surface area contributed by atoms with E-state index in [1.165, 1.54) is 24.3 Å². The molecule has 2 atom stereocenters. The summed E-state index contributed by atoms with van der Waals surface area (Å²) in [5.41, 5.74) is 3.16. The summed E-state index contributed by atoms with van der Waals surface area (Å²) in [6.45, 7) is 0. The molecule has 0 saturated heterocycles. The van der Waals surface area contributed by atoms with E-state index in [1.807, 2.05) is 84.6 Å². The first kappa shape index (κ1) is 30.0. The summed E-state index contributed by atoms with van der Waals surface area (Å²) in [6, 6.07) is 31.2. The second kappa shape index (κ2) is 13.6. The average Bonchev–Trinajstić information content (AvgIpc) is 3.00. The molecule has 0 amide bonds. The molecule has 0 heterocycles. The number of non-ortho nitro benzene ring substituents is 2. The van der Waals surface area contributed by atoms with Crippen molar-refractivity contribution in [2.24, 2.45) is 0 Å². The maximum Gasteiger partial charge on any atom is 0.269 e. The molecule has 0 bridgehead atoms. The van der Waals surface area contributed by atoms with E-state index >= 15 is 0 Å². The number of thiocarbonyl (C=S) groups is 2. The molecular formula is C30H28N6O4S2. The number of hydrogen-bond donors (Lipinski definition) is 2. The zero-order chi connectivity index (χ0) is 30.2. The largest absolute Gasteiger partial charge is 0.343 e. The van der Waals surface area contributed by atoms with Crippen LogP contribution >= 0.6 is 24.4 Å². The number of nitro groups is 2. The fourth-order valence-electron chi connectivity index (χ4n) is 4.54. The fraction of sp³-hybridized carbons (Fsp3) is 0.133. The van der Waals surface area contributed by atoms with E-state index < -0.39 is 9.85 Å². The van der Waals surface area contributed by atoms with Crippen molar-refractivity contribution in [3.05, 3.63) is 141 Å². The van der Waals surface area contributed by atoms with Gasteiger partial charge >= 0.3 is 0 Å². The number of anilines is 2. The lowest BCUT2D eigenvalue weighted by molar-refractivity contribution is -0.385. The van der Waals surface area contributed by atoms with Crippen molar-refractivity contribution in [1.29, 1.82) is 0 Å². The molecule has 0 radical (unpaired) electrons. The molecule has 0 saturated carbocycles. The Morgan fingerprint density at radius 2 is 0.905 bits per heavy atom. The van der Waals surface area contributed by atoms with Crippen LogP contribution in [0.5, 0.6) is 0 Å². The Labute approximate surface area is 253 Å². The Bertz CT molecular complexity index is 1440. The normalized spacial score (nSPS) is 12.0. The van der Waals surface area contributed by atoms with Gasteiger partial charge in [0.1, 0.15) is 0 Å². The summed E-state index contributed by atoms with van der Waals surface area (Å²) in [5.74, 6) is 0. The molecule has 0 aliphatic rings. The van der Waals surface area contributed by atoms with Gasteiger partial charge in [-0.05, 0) is 59.8 Å². The molecule has 4 aromatic carbocycles. The Hall–Kier alpha value is -4.94. The molecule has 0 unspecified atom stereocenters. The van der Waals surface area contributed by atoms with Crippen LogP contribution in [0, 0.1) is 20.2 Å². The van der Waals surface area contributed by atoms with Crippen LogP contribution in [0.1, 0.15) is 23.2 Å². The smallest absolute Gasteiger partial charge is 0.269 e. The summed E-state index contributed by atoms with van der Waals surface area (Å²) in [4.78, 5) is 25.1. The van der Waals surface area contributed by atoms with Crippen molar-refractivity contribution in [3.8, 4) is 0 Å². The molecular weight excluding hydrogens is 573 g/mol. The van der Waals surface area contributed by atoms with Crippen LogP contribution in [0.2, 0.25) is 0 Å². The van der Waals surface area contributed by atoms with Crippen LogP contribution in [-0.4, -0.2) is 44.0 Å².